The molecule has 29 heavy (non-hydrogen) atoms. The van der Waals surface area contributed by atoms with Gasteiger partial charge in [0, 0.05) is 24.6 Å². The van der Waals surface area contributed by atoms with Gasteiger partial charge >= 0.3 is 0 Å². The van der Waals surface area contributed by atoms with Gasteiger partial charge in [0.15, 0.2) is 11.5 Å². The normalized spacial score (nSPS) is 10.7. The number of hydrogen-bond acceptors (Lipinski definition) is 6. The quantitative estimate of drug-likeness (QED) is 0.450. The molecule has 0 spiro atoms. The average Bonchev–Trinajstić information content (AvgIpc) is 3.36. The van der Waals surface area contributed by atoms with Crippen LogP contribution in [0.5, 0.6) is 17.2 Å². The molecule has 2 aromatic carbocycles. The van der Waals surface area contributed by atoms with Crippen LogP contribution in [-0.4, -0.2) is 30.4 Å². The van der Waals surface area contributed by atoms with Gasteiger partial charge in [0.1, 0.15) is 28.0 Å². The van der Waals surface area contributed by atoms with Crippen LogP contribution in [0.15, 0.2) is 54.9 Å². The Bertz CT molecular complexity index is 1180. The third kappa shape index (κ3) is 3.75. The molecule has 0 aliphatic carbocycles. The van der Waals surface area contributed by atoms with E-state index in [4.69, 9.17) is 14.2 Å². The van der Waals surface area contributed by atoms with Gasteiger partial charge in [-0.3, -0.25) is 4.57 Å². The fraction of sp³-hybridized carbons (Fsp3) is 0.182. The maximum Gasteiger partial charge on any atom is 0.163 e. The molecule has 0 saturated carbocycles. The molecule has 6 nitrogen and oxygen atoms in total. The highest BCUT2D eigenvalue weighted by Gasteiger charge is 2.16. The topological polar surface area (TPSA) is 69.3 Å². The molecule has 0 radical (unpaired) electrons. The number of nitrogens with zero attached hydrogens (tertiary/aromatic N) is 3. The Kier molecular flexibility index (Phi) is 5.36. The third-order valence-electron chi connectivity index (χ3n) is 4.57. The number of hydrogen-bond donors (Lipinski definition) is 0. The van der Waals surface area contributed by atoms with Crippen molar-refractivity contribution in [1.82, 2.24) is 9.55 Å². The van der Waals surface area contributed by atoms with E-state index < -0.39 is 0 Å². The standard InChI is InChI=1S/C22H19N3O3S/c1-26-18-10-16-17(11-19(18)27-2)25(14-24-16)22-12-20(21(13-23)29-22)28-9-8-15-6-4-3-5-7-15/h3-7,10-12,14H,8-9H2,1-2H3. The van der Waals surface area contributed by atoms with Crippen molar-refractivity contribution in [2.75, 3.05) is 20.8 Å². The summed E-state index contributed by atoms with van der Waals surface area (Å²) in [5.41, 5.74) is 2.84. The van der Waals surface area contributed by atoms with Gasteiger partial charge in [0.05, 0.1) is 31.9 Å². The molecule has 0 fully saturated rings. The first-order valence-corrected chi connectivity index (χ1v) is 9.85. The number of fused-ring (bicyclic) bond motifs is 1. The van der Waals surface area contributed by atoms with E-state index in [2.05, 4.69) is 23.2 Å². The first-order chi connectivity index (χ1) is 14.2. The molecule has 0 saturated heterocycles. The fourth-order valence-electron chi connectivity index (χ4n) is 3.10. The number of methoxy groups -OCH3 is 2. The highest BCUT2D eigenvalue weighted by Crippen LogP contribution is 2.36. The minimum atomic E-state index is 0.505. The number of imidazole rings is 1. The van der Waals surface area contributed by atoms with Gasteiger partial charge < -0.3 is 14.2 Å². The van der Waals surface area contributed by atoms with E-state index in [0.717, 1.165) is 22.5 Å². The van der Waals surface area contributed by atoms with Crippen molar-refractivity contribution >= 4 is 22.4 Å². The van der Waals surface area contributed by atoms with Crippen molar-refractivity contribution in [3.8, 4) is 28.3 Å². The van der Waals surface area contributed by atoms with Gasteiger partial charge in [-0.05, 0) is 5.56 Å². The van der Waals surface area contributed by atoms with Gasteiger partial charge in [-0.25, -0.2) is 4.98 Å². The summed E-state index contributed by atoms with van der Waals surface area (Å²) in [7, 11) is 3.19. The number of ether oxygens (including phenoxy) is 3. The van der Waals surface area contributed by atoms with Gasteiger partial charge in [0.25, 0.3) is 0 Å². The summed E-state index contributed by atoms with van der Waals surface area (Å²) >= 11 is 1.37. The van der Waals surface area contributed by atoms with E-state index in [1.165, 1.54) is 16.9 Å². The van der Waals surface area contributed by atoms with Crippen LogP contribution in [0.4, 0.5) is 0 Å². The maximum atomic E-state index is 9.53. The van der Waals surface area contributed by atoms with Crippen molar-refractivity contribution in [2.24, 2.45) is 0 Å². The second-order valence-electron chi connectivity index (χ2n) is 6.28. The van der Waals surface area contributed by atoms with Crippen LogP contribution >= 0.6 is 11.3 Å². The molecular formula is C22H19N3O3S. The summed E-state index contributed by atoms with van der Waals surface area (Å²) in [5.74, 6) is 1.84. The second kappa shape index (κ2) is 8.25. The highest BCUT2D eigenvalue weighted by molar-refractivity contribution is 7.15. The average molecular weight is 405 g/mol. The van der Waals surface area contributed by atoms with Crippen LogP contribution in [0.2, 0.25) is 0 Å². The summed E-state index contributed by atoms with van der Waals surface area (Å²) in [6.07, 6.45) is 2.51. The molecule has 146 valence electrons. The number of rotatable bonds is 7. The number of aromatic nitrogens is 2. The van der Waals surface area contributed by atoms with Crippen molar-refractivity contribution < 1.29 is 14.2 Å². The van der Waals surface area contributed by atoms with E-state index in [0.29, 0.717) is 28.7 Å². The Balaban J connectivity index is 1.62. The maximum absolute atomic E-state index is 9.53. The molecule has 0 bridgehead atoms. The Morgan fingerprint density at radius 3 is 2.52 bits per heavy atom. The smallest absolute Gasteiger partial charge is 0.163 e. The van der Waals surface area contributed by atoms with Crippen molar-refractivity contribution in [3.05, 3.63) is 65.3 Å². The molecule has 0 atom stereocenters. The molecule has 2 aromatic heterocycles. The first-order valence-electron chi connectivity index (χ1n) is 9.03. The van der Waals surface area contributed by atoms with E-state index in [9.17, 15) is 5.26 Å². The van der Waals surface area contributed by atoms with E-state index >= 15 is 0 Å². The van der Waals surface area contributed by atoms with E-state index in [-0.39, 0.29) is 0 Å². The summed E-state index contributed by atoms with van der Waals surface area (Å²) in [6, 6.07) is 17.9. The second-order valence-corrected chi connectivity index (χ2v) is 7.32. The van der Waals surface area contributed by atoms with Crippen LogP contribution in [0.3, 0.4) is 0 Å². The lowest BCUT2D eigenvalue weighted by Gasteiger charge is -2.08. The molecule has 0 amide bonds. The zero-order valence-electron chi connectivity index (χ0n) is 16.1. The van der Waals surface area contributed by atoms with Crippen molar-refractivity contribution in [3.63, 3.8) is 0 Å². The first kappa shape index (κ1) is 18.8. The predicted octanol–water partition coefficient (Wildman–Crippen LogP) is 4.60. The van der Waals surface area contributed by atoms with E-state index in [1.807, 2.05) is 41.0 Å². The Morgan fingerprint density at radius 2 is 1.79 bits per heavy atom. The molecule has 0 aliphatic heterocycles. The Labute approximate surface area is 172 Å². The minimum Gasteiger partial charge on any atom is -0.493 e. The highest BCUT2D eigenvalue weighted by atomic mass is 32.1. The summed E-state index contributed by atoms with van der Waals surface area (Å²) in [6.45, 7) is 0.505. The largest absolute Gasteiger partial charge is 0.493 e. The van der Waals surface area contributed by atoms with Gasteiger partial charge in [0.2, 0.25) is 0 Å². The van der Waals surface area contributed by atoms with Crippen LogP contribution in [0.1, 0.15) is 10.4 Å². The molecule has 0 unspecified atom stereocenters. The lowest BCUT2D eigenvalue weighted by Crippen LogP contribution is -2.01. The van der Waals surface area contributed by atoms with Crippen LogP contribution in [-0.2, 0) is 6.42 Å². The van der Waals surface area contributed by atoms with Crippen LogP contribution < -0.4 is 14.2 Å². The molecule has 0 N–H and O–H groups in total. The van der Waals surface area contributed by atoms with Crippen LogP contribution in [0, 0.1) is 11.3 Å². The number of nitriles is 1. The number of benzene rings is 2. The summed E-state index contributed by atoms with van der Waals surface area (Å²) in [5, 5.41) is 10.4. The third-order valence-corrected chi connectivity index (χ3v) is 5.59. The fourth-order valence-corrected chi connectivity index (χ4v) is 3.98. The van der Waals surface area contributed by atoms with E-state index in [1.54, 1.807) is 20.5 Å². The van der Waals surface area contributed by atoms with Gasteiger partial charge in [-0.15, -0.1) is 11.3 Å². The van der Waals surface area contributed by atoms with Crippen molar-refractivity contribution in [1.29, 1.82) is 5.26 Å². The molecule has 0 aliphatic rings. The van der Waals surface area contributed by atoms with Gasteiger partial charge in [-0.1, -0.05) is 30.3 Å². The predicted molar refractivity (Wildman–Crippen MR) is 112 cm³/mol. The monoisotopic (exact) mass is 405 g/mol. The Hall–Kier alpha value is -3.50. The number of thiophene rings is 1. The van der Waals surface area contributed by atoms with Gasteiger partial charge in [-0.2, -0.15) is 5.26 Å². The summed E-state index contributed by atoms with van der Waals surface area (Å²) < 4.78 is 18.6. The zero-order chi connectivity index (χ0) is 20.2. The summed E-state index contributed by atoms with van der Waals surface area (Å²) in [4.78, 5) is 4.99. The lowest BCUT2D eigenvalue weighted by molar-refractivity contribution is 0.322. The molecule has 4 rings (SSSR count). The molecule has 2 heterocycles. The SMILES string of the molecule is COc1cc2ncn(-c3cc(OCCc4ccccc4)c(C#N)s3)c2cc1OC. The Morgan fingerprint density at radius 1 is 1.03 bits per heavy atom. The van der Waals surface area contributed by atoms with Crippen LogP contribution in [0.25, 0.3) is 16.0 Å². The van der Waals surface area contributed by atoms with Crippen molar-refractivity contribution in [2.45, 2.75) is 6.42 Å². The molecule has 4 aromatic rings. The zero-order valence-corrected chi connectivity index (χ0v) is 16.9. The molecule has 7 heteroatoms. The molecular weight excluding hydrogens is 386 g/mol. The lowest BCUT2D eigenvalue weighted by atomic mass is 10.2. The minimum absolute atomic E-state index is 0.505.